The number of aryl methyl sites for hydroxylation is 2. The van der Waals surface area contributed by atoms with Crippen LogP contribution in [0.2, 0.25) is 0 Å². The maximum absolute atomic E-state index is 12.8. The molecule has 10 heteroatoms. The average molecular weight is 451 g/mol. The maximum atomic E-state index is 12.8. The minimum atomic E-state index is -0.286. The van der Waals surface area contributed by atoms with Gasteiger partial charge in [-0.25, -0.2) is 9.97 Å². The summed E-state index contributed by atoms with van der Waals surface area (Å²) < 4.78 is 4.58. The Labute approximate surface area is 183 Å². The van der Waals surface area contributed by atoms with Gasteiger partial charge in [-0.1, -0.05) is 0 Å². The second-order valence-corrected chi connectivity index (χ2v) is 9.31. The van der Waals surface area contributed by atoms with Gasteiger partial charge in [-0.05, 0) is 33.1 Å². The number of hydrogen-bond donors (Lipinski definition) is 1. The van der Waals surface area contributed by atoms with E-state index in [9.17, 15) is 14.4 Å². The highest BCUT2D eigenvalue weighted by Gasteiger charge is 2.28. The highest BCUT2D eigenvalue weighted by atomic mass is 32.1. The van der Waals surface area contributed by atoms with E-state index in [1.807, 2.05) is 18.7 Å². The van der Waals surface area contributed by atoms with Crippen molar-refractivity contribution in [3.8, 4) is 0 Å². The van der Waals surface area contributed by atoms with Crippen LogP contribution in [-0.4, -0.2) is 59.4 Å². The van der Waals surface area contributed by atoms with Crippen molar-refractivity contribution in [2.24, 2.45) is 0 Å². The lowest BCUT2D eigenvalue weighted by Crippen LogP contribution is -2.37. The molecule has 3 heterocycles. The number of ether oxygens (including phenoxy) is 1. The number of amides is 2. The number of piperidine rings is 1. The van der Waals surface area contributed by atoms with Crippen LogP contribution in [0.5, 0.6) is 0 Å². The molecule has 0 saturated carbocycles. The average Bonchev–Trinajstić information content (AvgIpc) is 3.37. The molecule has 0 unspecified atom stereocenters. The molecule has 0 aromatic carbocycles. The number of thiazole rings is 2. The van der Waals surface area contributed by atoms with Crippen molar-refractivity contribution in [1.29, 1.82) is 0 Å². The Morgan fingerprint density at radius 2 is 1.97 bits per heavy atom. The molecule has 162 valence electrons. The summed E-state index contributed by atoms with van der Waals surface area (Å²) in [5.41, 5.74) is 1.20. The predicted molar refractivity (Wildman–Crippen MR) is 115 cm³/mol. The van der Waals surface area contributed by atoms with Gasteiger partial charge in [-0.15, -0.1) is 22.7 Å². The van der Waals surface area contributed by atoms with Gasteiger partial charge in [0, 0.05) is 37.4 Å². The van der Waals surface area contributed by atoms with Crippen LogP contribution < -0.4 is 5.32 Å². The topological polar surface area (TPSA) is 101 Å². The van der Waals surface area contributed by atoms with Gasteiger partial charge in [0.1, 0.15) is 10.6 Å². The molecule has 30 heavy (non-hydrogen) atoms. The fourth-order valence-corrected chi connectivity index (χ4v) is 5.27. The highest BCUT2D eigenvalue weighted by Crippen LogP contribution is 2.31. The van der Waals surface area contributed by atoms with Crippen molar-refractivity contribution in [3.05, 3.63) is 31.7 Å². The van der Waals surface area contributed by atoms with Crippen molar-refractivity contribution in [1.82, 2.24) is 20.2 Å². The molecule has 1 aliphatic rings. The van der Waals surface area contributed by atoms with E-state index in [4.69, 9.17) is 0 Å². The van der Waals surface area contributed by atoms with Crippen molar-refractivity contribution in [2.45, 2.75) is 45.4 Å². The van der Waals surface area contributed by atoms with Crippen LogP contribution in [0.15, 0.2) is 5.38 Å². The van der Waals surface area contributed by atoms with Gasteiger partial charge in [0.15, 0.2) is 0 Å². The van der Waals surface area contributed by atoms with E-state index in [-0.39, 0.29) is 30.1 Å². The lowest BCUT2D eigenvalue weighted by molar-refractivity contribution is -0.140. The Morgan fingerprint density at radius 3 is 2.60 bits per heavy atom. The molecule has 0 bridgehead atoms. The monoisotopic (exact) mass is 450 g/mol. The second kappa shape index (κ2) is 10.1. The Morgan fingerprint density at radius 1 is 1.23 bits per heavy atom. The standard InChI is InChI=1S/C20H26N4O4S2/c1-12-17(30-13(2)22-12)20(27)24-9-6-14(7-10-24)19-23-15(11-29-19)18(26)21-8-4-5-16(25)28-3/h11,14H,4-10H2,1-3H3,(H,21,26). The summed E-state index contributed by atoms with van der Waals surface area (Å²) in [6, 6.07) is 0. The Kier molecular flexibility index (Phi) is 7.54. The van der Waals surface area contributed by atoms with Crippen LogP contribution in [0.3, 0.4) is 0 Å². The van der Waals surface area contributed by atoms with Crippen LogP contribution in [0.4, 0.5) is 0 Å². The molecule has 0 spiro atoms. The summed E-state index contributed by atoms with van der Waals surface area (Å²) in [5, 5.41) is 6.40. The molecule has 8 nitrogen and oxygen atoms in total. The van der Waals surface area contributed by atoms with Crippen LogP contribution >= 0.6 is 22.7 Å². The Hall–Kier alpha value is -2.33. The number of methoxy groups -OCH3 is 1. The molecule has 1 N–H and O–H groups in total. The van der Waals surface area contributed by atoms with Crippen molar-refractivity contribution in [2.75, 3.05) is 26.7 Å². The van der Waals surface area contributed by atoms with Gasteiger partial charge in [0.05, 0.1) is 22.8 Å². The number of carbonyl (C=O) groups is 3. The smallest absolute Gasteiger partial charge is 0.305 e. The quantitative estimate of drug-likeness (QED) is 0.514. The van der Waals surface area contributed by atoms with Crippen molar-refractivity contribution in [3.63, 3.8) is 0 Å². The fourth-order valence-electron chi connectivity index (χ4n) is 3.41. The van der Waals surface area contributed by atoms with Gasteiger partial charge in [0.2, 0.25) is 0 Å². The number of aromatic nitrogens is 2. The molecule has 3 rings (SSSR count). The Bertz CT molecular complexity index is 916. The lowest BCUT2D eigenvalue weighted by Gasteiger charge is -2.30. The summed E-state index contributed by atoms with van der Waals surface area (Å²) in [4.78, 5) is 47.6. The summed E-state index contributed by atoms with van der Waals surface area (Å²) in [5.74, 6) is -0.205. The zero-order chi connectivity index (χ0) is 21.7. The number of carbonyl (C=O) groups excluding carboxylic acids is 3. The normalized spacial score (nSPS) is 14.6. The minimum Gasteiger partial charge on any atom is -0.469 e. The number of nitrogens with one attached hydrogen (secondary N) is 1. The van der Waals surface area contributed by atoms with E-state index in [1.54, 1.807) is 5.38 Å². The second-order valence-electron chi connectivity index (χ2n) is 7.22. The molecule has 0 radical (unpaired) electrons. The first kappa shape index (κ1) is 22.4. The van der Waals surface area contributed by atoms with E-state index in [0.717, 1.165) is 33.4 Å². The van der Waals surface area contributed by atoms with Crippen LogP contribution in [0.25, 0.3) is 0 Å². The number of esters is 1. The van der Waals surface area contributed by atoms with Crippen LogP contribution in [0.1, 0.15) is 67.5 Å². The molecule has 0 aliphatic carbocycles. The third kappa shape index (κ3) is 5.42. The first-order valence-corrected chi connectivity index (χ1v) is 11.6. The third-order valence-electron chi connectivity index (χ3n) is 5.05. The van der Waals surface area contributed by atoms with Gasteiger partial charge >= 0.3 is 5.97 Å². The lowest BCUT2D eigenvalue weighted by atomic mass is 9.97. The van der Waals surface area contributed by atoms with Crippen molar-refractivity contribution < 1.29 is 19.1 Å². The maximum Gasteiger partial charge on any atom is 0.305 e. The SMILES string of the molecule is COC(=O)CCCNC(=O)c1csc(C2CCN(C(=O)c3sc(C)nc3C)CC2)n1. The molecular weight excluding hydrogens is 424 g/mol. The summed E-state index contributed by atoms with van der Waals surface area (Å²) in [6.45, 7) is 5.54. The zero-order valence-corrected chi connectivity index (χ0v) is 19.0. The summed E-state index contributed by atoms with van der Waals surface area (Å²) in [6.07, 6.45) is 2.46. The number of hydrogen-bond acceptors (Lipinski definition) is 8. The van der Waals surface area contributed by atoms with Crippen LogP contribution in [0, 0.1) is 13.8 Å². The molecule has 2 aromatic rings. The van der Waals surface area contributed by atoms with E-state index in [2.05, 4.69) is 20.0 Å². The van der Waals surface area contributed by atoms with Gasteiger partial charge in [-0.2, -0.15) is 0 Å². The number of likely N-dealkylation sites (tertiary alicyclic amines) is 1. The first-order valence-electron chi connectivity index (χ1n) is 9.92. The predicted octanol–water partition coefficient (Wildman–Crippen LogP) is 2.92. The number of rotatable bonds is 7. The highest BCUT2D eigenvalue weighted by molar-refractivity contribution is 7.13. The zero-order valence-electron chi connectivity index (χ0n) is 17.4. The summed E-state index contributed by atoms with van der Waals surface area (Å²) >= 11 is 2.93. The van der Waals surface area contributed by atoms with Crippen molar-refractivity contribution >= 4 is 40.5 Å². The first-order chi connectivity index (χ1) is 14.4. The van der Waals surface area contributed by atoms with E-state index in [0.29, 0.717) is 31.7 Å². The minimum absolute atomic E-state index is 0.0581. The molecule has 2 amide bonds. The van der Waals surface area contributed by atoms with E-state index in [1.165, 1.54) is 29.8 Å². The summed E-state index contributed by atoms with van der Waals surface area (Å²) in [7, 11) is 1.35. The van der Waals surface area contributed by atoms with Gasteiger partial charge < -0.3 is 15.0 Å². The molecule has 1 fully saturated rings. The molecule has 0 atom stereocenters. The molecule has 1 saturated heterocycles. The van der Waals surface area contributed by atoms with E-state index < -0.39 is 0 Å². The Balaban J connectivity index is 1.49. The largest absolute Gasteiger partial charge is 0.469 e. The molecule has 1 aliphatic heterocycles. The van der Waals surface area contributed by atoms with E-state index >= 15 is 0 Å². The fraction of sp³-hybridized carbons (Fsp3) is 0.550. The van der Waals surface area contributed by atoms with Gasteiger partial charge in [0.25, 0.3) is 11.8 Å². The molecule has 2 aromatic heterocycles. The third-order valence-corrected chi connectivity index (χ3v) is 7.12. The van der Waals surface area contributed by atoms with Gasteiger partial charge in [-0.3, -0.25) is 14.4 Å². The molecular formula is C20H26N4O4S2. The number of nitrogens with zero attached hydrogens (tertiary/aromatic N) is 3. The van der Waals surface area contributed by atoms with Crippen LogP contribution in [-0.2, 0) is 9.53 Å².